The number of aromatic carboxylic acids is 1. The molecule has 6 nitrogen and oxygen atoms in total. The van der Waals surface area contributed by atoms with Gasteiger partial charge in [0, 0.05) is 0 Å². The lowest BCUT2D eigenvalue weighted by molar-refractivity contribution is 0.0696. The highest BCUT2D eigenvalue weighted by molar-refractivity contribution is 7.92. The molecule has 0 heterocycles. The quantitative estimate of drug-likeness (QED) is 0.674. The van der Waals surface area contributed by atoms with E-state index in [1.54, 1.807) is 12.1 Å². The molecule has 0 spiro atoms. The van der Waals surface area contributed by atoms with E-state index in [4.69, 9.17) is 9.84 Å². The van der Waals surface area contributed by atoms with Gasteiger partial charge in [-0.3, -0.25) is 4.72 Å². The molecule has 27 heavy (non-hydrogen) atoms. The smallest absolute Gasteiger partial charge is 0.335 e. The Morgan fingerprint density at radius 3 is 2.33 bits per heavy atom. The first-order chi connectivity index (χ1) is 12.9. The van der Waals surface area contributed by atoms with Gasteiger partial charge in [-0.15, -0.1) is 0 Å². The number of carboxylic acid groups (broad SMARTS) is 1. The van der Waals surface area contributed by atoms with Gasteiger partial charge >= 0.3 is 5.97 Å². The Bertz CT molecular complexity index is 1080. The molecule has 0 aromatic heterocycles. The highest BCUT2D eigenvalue weighted by Crippen LogP contribution is 2.32. The molecule has 0 amide bonds. The Morgan fingerprint density at radius 1 is 0.926 bits per heavy atom. The first-order valence-electron chi connectivity index (χ1n) is 8.00. The molecule has 0 aliphatic heterocycles. The van der Waals surface area contributed by atoms with Crippen molar-refractivity contribution in [3.63, 3.8) is 0 Å². The van der Waals surface area contributed by atoms with Crippen molar-refractivity contribution in [2.24, 2.45) is 0 Å². The summed E-state index contributed by atoms with van der Waals surface area (Å²) in [4.78, 5) is 11.0. The molecule has 2 N–H and O–H groups in total. The third-order valence-corrected chi connectivity index (χ3v) is 5.31. The van der Waals surface area contributed by atoms with Crippen molar-refractivity contribution in [3.05, 3.63) is 78.4 Å². The molecular formula is C20H17NO5S. The fraction of sp³-hybridized carbons (Fsp3) is 0.0500. The predicted octanol–water partition coefficient (Wildman–Crippen LogP) is 3.86. The van der Waals surface area contributed by atoms with Gasteiger partial charge in [0.15, 0.2) is 0 Å². The molecule has 7 heteroatoms. The monoisotopic (exact) mass is 383 g/mol. The zero-order chi connectivity index (χ0) is 19.4. The van der Waals surface area contributed by atoms with Crippen LogP contribution in [0.4, 0.5) is 5.69 Å². The summed E-state index contributed by atoms with van der Waals surface area (Å²) >= 11 is 0. The Kier molecular flexibility index (Phi) is 5.14. The van der Waals surface area contributed by atoms with Gasteiger partial charge in [-0.1, -0.05) is 42.5 Å². The van der Waals surface area contributed by atoms with Gasteiger partial charge in [0.1, 0.15) is 5.75 Å². The summed E-state index contributed by atoms with van der Waals surface area (Å²) in [5.41, 5.74) is 1.89. The van der Waals surface area contributed by atoms with Crippen molar-refractivity contribution >= 4 is 21.7 Å². The van der Waals surface area contributed by atoms with Crippen LogP contribution in [-0.2, 0) is 10.0 Å². The fourth-order valence-electron chi connectivity index (χ4n) is 2.60. The van der Waals surface area contributed by atoms with Gasteiger partial charge in [-0.25, -0.2) is 13.2 Å². The molecule has 0 aliphatic carbocycles. The highest BCUT2D eigenvalue weighted by Gasteiger charge is 2.18. The Hall–Kier alpha value is -3.32. The minimum absolute atomic E-state index is 0.108. The SMILES string of the molecule is COc1ccc(-c2ccccc2)cc1NS(=O)(=O)c1cccc(C(=O)O)c1. The molecule has 138 valence electrons. The maximum atomic E-state index is 12.7. The lowest BCUT2D eigenvalue weighted by Crippen LogP contribution is -2.14. The van der Waals surface area contributed by atoms with Crippen LogP contribution in [0.3, 0.4) is 0 Å². The molecule has 0 fully saturated rings. The van der Waals surface area contributed by atoms with Crippen LogP contribution >= 0.6 is 0 Å². The molecule has 0 saturated carbocycles. The molecule has 0 atom stereocenters. The topological polar surface area (TPSA) is 92.7 Å². The molecule has 0 unspecified atom stereocenters. The van der Waals surface area contributed by atoms with Gasteiger partial charge in [-0.05, 0) is 41.5 Å². The molecule has 0 saturated heterocycles. The number of carboxylic acids is 1. The van der Waals surface area contributed by atoms with Crippen LogP contribution in [0.1, 0.15) is 10.4 Å². The summed E-state index contributed by atoms with van der Waals surface area (Å²) in [5.74, 6) is -0.844. The van der Waals surface area contributed by atoms with Crippen molar-refractivity contribution < 1.29 is 23.1 Å². The average Bonchev–Trinajstić information content (AvgIpc) is 2.68. The molecule has 3 aromatic rings. The van der Waals surface area contributed by atoms with E-state index in [-0.39, 0.29) is 16.1 Å². The number of hydrogen-bond donors (Lipinski definition) is 2. The van der Waals surface area contributed by atoms with Crippen molar-refractivity contribution in [2.45, 2.75) is 4.90 Å². The fourth-order valence-corrected chi connectivity index (χ4v) is 3.70. The second kappa shape index (κ2) is 7.51. The number of sulfonamides is 1. The zero-order valence-corrected chi connectivity index (χ0v) is 15.2. The number of rotatable bonds is 6. The van der Waals surface area contributed by atoms with Gasteiger partial charge in [0.2, 0.25) is 0 Å². The molecule has 0 radical (unpaired) electrons. The molecule has 3 aromatic carbocycles. The number of anilines is 1. The highest BCUT2D eigenvalue weighted by atomic mass is 32.2. The van der Waals surface area contributed by atoms with Gasteiger partial charge in [0.25, 0.3) is 10.0 Å². The van der Waals surface area contributed by atoms with E-state index in [2.05, 4.69) is 4.72 Å². The van der Waals surface area contributed by atoms with Crippen LogP contribution in [0.15, 0.2) is 77.7 Å². The third-order valence-electron chi connectivity index (χ3n) is 3.94. The van der Waals surface area contributed by atoms with Crippen LogP contribution in [0.2, 0.25) is 0 Å². The van der Waals surface area contributed by atoms with Crippen LogP contribution in [0.25, 0.3) is 11.1 Å². The number of hydrogen-bond acceptors (Lipinski definition) is 4. The third kappa shape index (κ3) is 4.09. The largest absolute Gasteiger partial charge is 0.495 e. The molecule has 0 aliphatic rings. The van der Waals surface area contributed by atoms with Crippen molar-refractivity contribution in [1.29, 1.82) is 0 Å². The first kappa shape index (κ1) is 18.5. The summed E-state index contributed by atoms with van der Waals surface area (Å²) in [5, 5.41) is 9.07. The van der Waals surface area contributed by atoms with E-state index in [1.807, 2.05) is 36.4 Å². The standard InChI is InChI=1S/C20H17NO5S/c1-26-19-11-10-15(14-6-3-2-4-7-14)13-18(19)21-27(24,25)17-9-5-8-16(12-17)20(22)23/h2-13,21H,1H3,(H,22,23). The van der Waals surface area contributed by atoms with Crippen LogP contribution in [-0.4, -0.2) is 26.6 Å². The Labute approximate surface area is 157 Å². The molecule has 0 bridgehead atoms. The normalized spacial score (nSPS) is 11.0. The van der Waals surface area contributed by atoms with Gasteiger partial charge < -0.3 is 9.84 Å². The van der Waals surface area contributed by atoms with Crippen LogP contribution in [0.5, 0.6) is 5.75 Å². The van der Waals surface area contributed by atoms with E-state index in [9.17, 15) is 13.2 Å². The number of methoxy groups -OCH3 is 1. The summed E-state index contributed by atoms with van der Waals surface area (Å²) in [6.07, 6.45) is 0. The predicted molar refractivity (Wildman–Crippen MR) is 103 cm³/mol. The van der Waals surface area contributed by atoms with E-state index < -0.39 is 16.0 Å². The van der Waals surface area contributed by atoms with Crippen LogP contribution in [0, 0.1) is 0 Å². The van der Waals surface area contributed by atoms with Crippen molar-refractivity contribution in [2.75, 3.05) is 11.8 Å². The van der Waals surface area contributed by atoms with Crippen LogP contribution < -0.4 is 9.46 Å². The maximum absolute atomic E-state index is 12.7. The summed E-state index contributed by atoms with van der Waals surface area (Å²) in [7, 11) is -2.55. The van der Waals surface area contributed by atoms with E-state index in [0.29, 0.717) is 5.75 Å². The maximum Gasteiger partial charge on any atom is 0.335 e. The first-order valence-corrected chi connectivity index (χ1v) is 9.48. The minimum Gasteiger partial charge on any atom is -0.495 e. The number of ether oxygens (including phenoxy) is 1. The van der Waals surface area contributed by atoms with E-state index in [0.717, 1.165) is 17.2 Å². The number of benzene rings is 3. The average molecular weight is 383 g/mol. The summed E-state index contributed by atoms with van der Waals surface area (Å²) in [6.45, 7) is 0. The number of carbonyl (C=O) groups is 1. The van der Waals surface area contributed by atoms with E-state index >= 15 is 0 Å². The minimum atomic E-state index is -3.99. The Balaban J connectivity index is 2.01. The zero-order valence-electron chi connectivity index (χ0n) is 14.4. The molecular weight excluding hydrogens is 366 g/mol. The second-order valence-corrected chi connectivity index (χ2v) is 7.40. The lowest BCUT2D eigenvalue weighted by atomic mass is 10.1. The van der Waals surface area contributed by atoms with E-state index in [1.165, 1.54) is 25.3 Å². The van der Waals surface area contributed by atoms with Gasteiger partial charge in [-0.2, -0.15) is 0 Å². The number of nitrogens with one attached hydrogen (secondary N) is 1. The van der Waals surface area contributed by atoms with Crippen molar-refractivity contribution in [1.82, 2.24) is 0 Å². The molecule has 3 rings (SSSR count). The second-order valence-electron chi connectivity index (χ2n) is 5.72. The lowest BCUT2D eigenvalue weighted by Gasteiger charge is -2.14. The Morgan fingerprint density at radius 2 is 1.67 bits per heavy atom. The van der Waals surface area contributed by atoms with Gasteiger partial charge in [0.05, 0.1) is 23.3 Å². The summed E-state index contributed by atoms with van der Waals surface area (Å²) in [6, 6.07) is 19.8. The summed E-state index contributed by atoms with van der Waals surface area (Å²) < 4.78 is 33.2. The van der Waals surface area contributed by atoms with Crippen molar-refractivity contribution in [3.8, 4) is 16.9 Å².